The van der Waals surface area contributed by atoms with Crippen LogP contribution in [0.25, 0.3) is 0 Å². The first-order chi connectivity index (χ1) is 10.8. The van der Waals surface area contributed by atoms with Crippen molar-refractivity contribution in [1.82, 2.24) is 0 Å². The highest BCUT2D eigenvalue weighted by Gasteiger charge is 2.33. The fourth-order valence-corrected chi connectivity index (χ4v) is 4.11. The maximum absolute atomic E-state index is 12.5. The minimum absolute atomic E-state index is 0.248. The van der Waals surface area contributed by atoms with Crippen molar-refractivity contribution in [2.75, 3.05) is 6.67 Å². The van der Waals surface area contributed by atoms with Crippen LogP contribution in [0, 0.1) is 0 Å². The van der Waals surface area contributed by atoms with E-state index < -0.39 is 0 Å². The van der Waals surface area contributed by atoms with Crippen molar-refractivity contribution in [3.8, 4) is 0 Å². The minimum atomic E-state index is -0.248. The predicted molar refractivity (Wildman–Crippen MR) is 94.3 cm³/mol. The summed E-state index contributed by atoms with van der Waals surface area (Å²) in [7, 11) is 0. The Balaban J connectivity index is 2.00. The molecule has 1 aliphatic carbocycles. The van der Waals surface area contributed by atoms with E-state index in [9.17, 15) is 4.39 Å². The minimum Gasteiger partial charge on any atom is -0.251 e. The lowest BCUT2D eigenvalue weighted by Gasteiger charge is -2.38. The van der Waals surface area contributed by atoms with Gasteiger partial charge in [0.25, 0.3) is 0 Å². The van der Waals surface area contributed by atoms with Crippen LogP contribution >= 0.6 is 0 Å². The highest BCUT2D eigenvalue weighted by atomic mass is 19.1. The molecule has 0 amide bonds. The number of hydrogen-bond acceptors (Lipinski definition) is 0. The van der Waals surface area contributed by atoms with E-state index in [-0.39, 0.29) is 6.67 Å². The van der Waals surface area contributed by atoms with Gasteiger partial charge in [-0.15, -0.1) is 0 Å². The molecule has 0 bridgehead atoms. The standard InChI is InChI=1S/C21H33F/c1-2-3-4-5-7-15-21(16-8-6-9-17-21)20-12-10-19(11-13-20)14-18-22/h10-13H,2-9,14-18H2,1H3. The normalized spacial score (nSPS) is 17.5. The Morgan fingerprint density at radius 1 is 0.909 bits per heavy atom. The zero-order valence-electron chi connectivity index (χ0n) is 14.4. The predicted octanol–water partition coefficient (Wildman–Crippen LogP) is 6.76. The summed E-state index contributed by atoms with van der Waals surface area (Å²) in [6.45, 7) is 2.03. The van der Waals surface area contributed by atoms with Crippen LogP contribution in [-0.2, 0) is 11.8 Å². The molecular formula is C21H33F. The zero-order chi connectivity index (χ0) is 15.7. The molecule has 1 heteroatoms. The van der Waals surface area contributed by atoms with Gasteiger partial charge in [-0.1, -0.05) is 82.6 Å². The van der Waals surface area contributed by atoms with Crippen LogP contribution < -0.4 is 0 Å². The van der Waals surface area contributed by atoms with E-state index in [0.717, 1.165) is 5.56 Å². The van der Waals surface area contributed by atoms with Crippen LogP contribution in [0.1, 0.15) is 88.7 Å². The van der Waals surface area contributed by atoms with Gasteiger partial charge in [0.15, 0.2) is 0 Å². The molecule has 2 rings (SSSR count). The smallest absolute Gasteiger partial charge is 0.0934 e. The summed E-state index contributed by atoms with van der Waals surface area (Å²) >= 11 is 0. The zero-order valence-corrected chi connectivity index (χ0v) is 14.4. The van der Waals surface area contributed by atoms with Gasteiger partial charge in [0, 0.05) is 6.42 Å². The number of hydrogen-bond donors (Lipinski definition) is 0. The molecule has 124 valence electrons. The van der Waals surface area contributed by atoms with Gasteiger partial charge in [0.1, 0.15) is 0 Å². The first-order valence-electron chi connectivity index (χ1n) is 9.46. The molecule has 1 aliphatic rings. The van der Waals surface area contributed by atoms with Crippen molar-refractivity contribution in [1.29, 1.82) is 0 Å². The maximum Gasteiger partial charge on any atom is 0.0934 e. The summed E-state index contributed by atoms with van der Waals surface area (Å²) < 4.78 is 12.5. The maximum atomic E-state index is 12.5. The molecule has 0 atom stereocenters. The molecule has 0 aliphatic heterocycles. The van der Waals surface area contributed by atoms with E-state index in [1.165, 1.54) is 76.2 Å². The topological polar surface area (TPSA) is 0 Å². The quantitative estimate of drug-likeness (QED) is 0.442. The molecule has 0 saturated heterocycles. The fourth-order valence-electron chi connectivity index (χ4n) is 4.11. The van der Waals surface area contributed by atoms with Crippen molar-refractivity contribution in [3.63, 3.8) is 0 Å². The summed E-state index contributed by atoms with van der Waals surface area (Å²) in [6.07, 6.45) is 15.6. The number of aryl methyl sites for hydroxylation is 1. The van der Waals surface area contributed by atoms with Crippen LogP contribution in [0.3, 0.4) is 0 Å². The molecule has 0 aromatic heterocycles. The van der Waals surface area contributed by atoms with Gasteiger partial charge in [-0.25, -0.2) is 0 Å². The fraction of sp³-hybridized carbons (Fsp3) is 0.714. The molecular weight excluding hydrogens is 271 g/mol. The molecule has 0 nitrogen and oxygen atoms in total. The Hall–Kier alpha value is -0.850. The summed E-state index contributed by atoms with van der Waals surface area (Å²) in [6, 6.07) is 8.90. The van der Waals surface area contributed by atoms with E-state index >= 15 is 0 Å². The first kappa shape index (κ1) is 17.5. The monoisotopic (exact) mass is 304 g/mol. The van der Waals surface area contributed by atoms with Crippen LogP contribution in [0.2, 0.25) is 0 Å². The molecule has 22 heavy (non-hydrogen) atoms. The van der Waals surface area contributed by atoms with E-state index in [2.05, 4.69) is 31.2 Å². The van der Waals surface area contributed by atoms with Crippen molar-refractivity contribution in [2.45, 2.75) is 89.4 Å². The molecule has 0 heterocycles. The van der Waals surface area contributed by atoms with E-state index in [4.69, 9.17) is 0 Å². The van der Waals surface area contributed by atoms with Gasteiger partial charge in [-0.05, 0) is 35.8 Å². The van der Waals surface area contributed by atoms with Gasteiger partial charge < -0.3 is 0 Å². The van der Waals surface area contributed by atoms with Crippen LogP contribution in [-0.4, -0.2) is 6.67 Å². The number of benzene rings is 1. The Bertz CT molecular complexity index is 400. The van der Waals surface area contributed by atoms with Gasteiger partial charge in [0.05, 0.1) is 6.67 Å². The van der Waals surface area contributed by atoms with E-state index in [1.54, 1.807) is 0 Å². The number of halogens is 1. The average molecular weight is 304 g/mol. The highest BCUT2D eigenvalue weighted by Crippen LogP contribution is 2.43. The van der Waals surface area contributed by atoms with Crippen LogP contribution in [0.15, 0.2) is 24.3 Å². The lowest BCUT2D eigenvalue weighted by atomic mass is 9.66. The third kappa shape index (κ3) is 4.83. The Morgan fingerprint density at radius 3 is 2.23 bits per heavy atom. The van der Waals surface area contributed by atoms with Gasteiger partial charge in [-0.3, -0.25) is 4.39 Å². The van der Waals surface area contributed by atoms with Gasteiger partial charge in [-0.2, -0.15) is 0 Å². The lowest BCUT2D eigenvalue weighted by Crippen LogP contribution is -2.29. The van der Waals surface area contributed by atoms with Crippen LogP contribution in [0.5, 0.6) is 0 Å². The molecule has 1 fully saturated rings. The van der Waals surface area contributed by atoms with Crippen molar-refractivity contribution < 1.29 is 4.39 Å². The summed E-state index contributed by atoms with van der Waals surface area (Å²) in [4.78, 5) is 0. The molecule has 0 spiro atoms. The third-order valence-corrected chi connectivity index (χ3v) is 5.52. The Labute approximate surface area is 136 Å². The average Bonchev–Trinajstić information content (AvgIpc) is 2.56. The number of rotatable bonds is 9. The first-order valence-corrected chi connectivity index (χ1v) is 9.46. The largest absolute Gasteiger partial charge is 0.251 e. The molecule has 0 radical (unpaired) electrons. The Kier molecular flexibility index (Phi) is 7.42. The van der Waals surface area contributed by atoms with Crippen molar-refractivity contribution in [3.05, 3.63) is 35.4 Å². The molecule has 0 unspecified atom stereocenters. The third-order valence-electron chi connectivity index (χ3n) is 5.52. The summed E-state index contributed by atoms with van der Waals surface area (Å²) in [5.41, 5.74) is 3.07. The number of alkyl halides is 1. The van der Waals surface area contributed by atoms with Gasteiger partial charge >= 0.3 is 0 Å². The molecule has 0 N–H and O–H groups in total. The second kappa shape index (κ2) is 9.33. The summed E-state index contributed by atoms with van der Waals surface area (Å²) in [5, 5.41) is 0. The van der Waals surface area contributed by atoms with E-state index in [0.29, 0.717) is 11.8 Å². The van der Waals surface area contributed by atoms with Crippen molar-refractivity contribution >= 4 is 0 Å². The SMILES string of the molecule is CCCCCCCC1(c2ccc(CCF)cc2)CCCCC1. The van der Waals surface area contributed by atoms with E-state index in [1.807, 2.05) is 0 Å². The molecule has 1 saturated carbocycles. The number of unbranched alkanes of at least 4 members (excludes halogenated alkanes) is 4. The van der Waals surface area contributed by atoms with Crippen molar-refractivity contribution in [2.24, 2.45) is 0 Å². The van der Waals surface area contributed by atoms with Gasteiger partial charge in [0.2, 0.25) is 0 Å². The summed E-state index contributed by atoms with van der Waals surface area (Å²) in [5.74, 6) is 0. The lowest BCUT2D eigenvalue weighted by molar-refractivity contribution is 0.265. The second-order valence-electron chi connectivity index (χ2n) is 7.14. The second-order valence-corrected chi connectivity index (χ2v) is 7.14. The highest BCUT2D eigenvalue weighted by molar-refractivity contribution is 5.30. The Morgan fingerprint density at radius 2 is 1.59 bits per heavy atom. The van der Waals surface area contributed by atoms with Crippen LogP contribution in [0.4, 0.5) is 4.39 Å². The molecule has 1 aromatic rings. The molecule has 1 aromatic carbocycles.